The molecule has 1 aromatic carbocycles. The maximum absolute atomic E-state index is 14.3. The highest BCUT2D eigenvalue weighted by Gasteiger charge is 2.34. The number of benzene rings is 1. The van der Waals surface area contributed by atoms with Gasteiger partial charge in [-0.15, -0.1) is 0 Å². The van der Waals surface area contributed by atoms with Crippen LogP contribution in [-0.2, 0) is 60.8 Å². The number of amides is 10. The standard InChI is InChI=1S/C55H85N19O10S3/c1-29(2)22-40(51(82)67-38(47(56)78)19-21-87-10)68-52(83)42(24-35-26-59-28-63-35)66-45(77)27-62-53(84)46(30(3)4)70-48(79)33(7)64-50(81)41(23-34-25-61-37-15-12-11-14-36(34)37)69-49(80)39(17-18-43(75)57-8)65-44(76)16-13-20-60-55(86)74-72-32(6)31(5)71-73-54(85)58-9/h11-12,14-15,25-26,28-30,33,38-42,46,61H,13,16-24,27H2,1-10H3,(H2,56,78)(H,57,75)(H,59,63)(H,62,84)(H,64,81)(H,65,76)(H,66,77)(H,67,82)(H,68,83)(H,69,80)(H,70,79)(H2,58,73,85)(H2,60,74,86). The Morgan fingerprint density at radius 2 is 1.25 bits per heavy atom. The van der Waals surface area contributed by atoms with Crippen molar-refractivity contribution in [1.82, 2.24) is 84.3 Å². The van der Waals surface area contributed by atoms with E-state index in [0.29, 0.717) is 33.5 Å². The SMILES string of the molecule is CNC(=O)CCC(NC(=O)CCCNC(=S)NN=C(C)C(C)=NNC(=S)NC)C(=O)NC(Cc1c[nH]c2ccccc12)C(=O)NC(C)C(=O)NC(C(=O)NCC(=O)NC(Cc1cnc[nH]1)C(=O)NC(CC(C)C)C(=O)NC(CCSC)C(N)=O)C(C)C. The maximum Gasteiger partial charge on any atom is 0.243 e. The van der Waals surface area contributed by atoms with Crippen molar-refractivity contribution in [1.29, 1.82) is 0 Å². The van der Waals surface area contributed by atoms with Gasteiger partial charge in [0.05, 0.1) is 24.3 Å². The Labute approximate surface area is 521 Å². The molecule has 29 nitrogen and oxygen atoms in total. The predicted octanol–water partition coefficient (Wildman–Crippen LogP) is -1.24. The number of carbonyl (C=O) groups excluding carboxylic acids is 10. The lowest BCUT2D eigenvalue weighted by Gasteiger charge is -2.26. The smallest absolute Gasteiger partial charge is 0.243 e. The molecule has 0 aliphatic carbocycles. The number of carbonyl (C=O) groups is 10. The highest BCUT2D eigenvalue weighted by atomic mass is 32.2. The summed E-state index contributed by atoms with van der Waals surface area (Å²) in [6.07, 6.45) is 6.54. The van der Waals surface area contributed by atoms with Crippen LogP contribution < -0.4 is 75.1 Å². The molecule has 0 spiro atoms. The number of fused-ring (bicyclic) bond motifs is 1. The molecule has 2 heterocycles. The summed E-state index contributed by atoms with van der Waals surface area (Å²) in [7, 11) is 3.08. The number of nitrogens with one attached hydrogen (secondary N) is 15. The molecule has 0 saturated carbocycles. The number of imidazole rings is 1. The molecule has 0 fully saturated rings. The van der Waals surface area contributed by atoms with E-state index in [1.165, 1.54) is 38.3 Å². The first-order valence-electron chi connectivity index (χ1n) is 28.3. The summed E-state index contributed by atoms with van der Waals surface area (Å²) in [5.74, 6) is -7.09. The van der Waals surface area contributed by atoms with Gasteiger partial charge in [-0.25, -0.2) is 4.98 Å². The van der Waals surface area contributed by atoms with Crippen LogP contribution in [0.2, 0.25) is 0 Å². The Bertz CT molecular complexity index is 2920. The molecule has 0 aliphatic rings. The minimum atomic E-state index is -1.35. The Morgan fingerprint density at radius 1 is 0.644 bits per heavy atom. The molecule has 10 amide bonds. The maximum atomic E-state index is 14.3. The number of hydrazone groups is 2. The Balaban J connectivity index is 1.73. The van der Waals surface area contributed by atoms with Gasteiger partial charge in [-0.2, -0.15) is 22.0 Å². The number of H-pyrrole nitrogens is 2. The van der Waals surface area contributed by atoms with E-state index in [4.69, 9.17) is 30.2 Å². The van der Waals surface area contributed by atoms with Crippen molar-refractivity contribution in [3.8, 4) is 0 Å². The Hall–Kier alpha value is -8.26. The van der Waals surface area contributed by atoms with E-state index >= 15 is 0 Å². The van der Waals surface area contributed by atoms with E-state index in [9.17, 15) is 47.9 Å². The van der Waals surface area contributed by atoms with Crippen LogP contribution >= 0.6 is 36.2 Å². The fraction of sp³-hybridized carbons (Fsp3) is 0.545. The molecule has 0 aliphatic heterocycles. The van der Waals surface area contributed by atoms with Crippen LogP contribution in [-0.4, -0.2) is 177 Å². The van der Waals surface area contributed by atoms with Gasteiger partial charge < -0.3 is 74.2 Å². The van der Waals surface area contributed by atoms with Gasteiger partial charge in [0.2, 0.25) is 59.1 Å². The molecule has 17 N–H and O–H groups in total. The second kappa shape index (κ2) is 38.0. The Morgan fingerprint density at radius 3 is 1.87 bits per heavy atom. The lowest BCUT2D eigenvalue weighted by atomic mass is 10.0. The predicted molar refractivity (Wildman–Crippen MR) is 340 cm³/mol. The first-order valence-corrected chi connectivity index (χ1v) is 30.5. The summed E-state index contributed by atoms with van der Waals surface area (Å²) < 4.78 is 0. The van der Waals surface area contributed by atoms with E-state index in [0.717, 1.165) is 10.9 Å². The van der Waals surface area contributed by atoms with Crippen LogP contribution in [0.1, 0.15) is 98.2 Å². The third kappa shape index (κ3) is 26.5. The number of rotatable bonds is 36. The molecule has 3 aromatic rings. The number of hydrogen-bond donors (Lipinski definition) is 16. The van der Waals surface area contributed by atoms with E-state index in [2.05, 4.69) is 94.5 Å². The van der Waals surface area contributed by atoms with Gasteiger partial charge in [0.1, 0.15) is 42.3 Å². The lowest BCUT2D eigenvalue weighted by molar-refractivity contribution is -0.135. The summed E-state index contributed by atoms with van der Waals surface area (Å²) in [5, 5.41) is 38.9. The number of hydrogen-bond acceptors (Lipinski definition) is 16. The molecule has 3 rings (SSSR count). The number of aromatic amines is 2. The zero-order valence-electron chi connectivity index (χ0n) is 50.7. The van der Waals surface area contributed by atoms with Gasteiger partial charge in [0, 0.05) is 75.3 Å². The highest BCUT2D eigenvalue weighted by Crippen LogP contribution is 2.20. The molecule has 0 bridgehead atoms. The van der Waals surface area contributed by atoms with Crippen LogP contribution in [0.5, 0.6) is 0 Å². The van der Waals surface area contributed by atoms with Crippen molar-refractivity contribution < 1.29 is 47.9 Å². The van der Waals surface area contributed by atoms with Gasteiger partial charge in [0.25, 0.3) is 0 Å². The monoisotopic (exact) mass is 1270 g/mol. The number of para-hydroxylation sites is 1. The molecule has 0 saturated heterocycles. The summed E-state index contributed by atoms with van der Waals surface area (Å²) in [6, 6.07) is -1.28. The second-order valence-electron chi connectivity index (χ2n) is 21.0. The molecule has 0 radical (unpaired) electrons. The lowest BCUT2D eigenvalue weighted by Crippen LogP contribution is -2.59. The van der Waals surface area contributed by atoms with Crippen molar-refractivity contribution in [2.45, 2.75) is 142 Å². The summed E-state index contributed by atoms with van der Waals surface area (Å²) in [5.41, 5.74) is 13.8. The second-order valence-corrected chi connectivity index (χ2v) is 22.8. The van der Waals surface area contributed by atoms with Gasteiger partial charge in [-0.3, -0.25) is 58.8 Å². The van der Waals surface area contributed by atoms with Gasteiger partial charge in [-0.05, 0) is 106 Å². The van der Waals surface area contributed by atoms with E-state index in [1.54, 1.807) is 47.0 Å². The first-order chi connectivity index (χ1) is 41.3. The molecule has 7 unspecified atom stereocenters. The summed E-state index contributed by atoms with van der Waals surface area (Å²) >= 11 is 11.8. The number of thioether (sulfide) groups is 1. The number of nitrogens with two attached hydrogens (primary N) is 1. The third-order valence-corrected chi connectivity index (χ3v) is 14.4. The minimum absolute atomic E-state index is 0.0614. The largest absolute Gasteiger partial charge is 0.368 e. The molecular formula is C55H85N19O10S3. The quantitative estimate of drug-likeness (QED) is 0.0140. The number of thiocarbonyl (C=S) groups is 2. The van der Waals surface area contributed by atoms with Crippen molar-refractivity contribution in [3.63, 3.8) is 0 Å². The molecule has 2 aromatic heterocycles. The molecule has 87 heavy (non-hydrogen) atoms. The van der Waals surface area contributed by atoms with Gasteiger partial charge in [0.15, 0.2) is 10.2 Å². The van der Waals surface area contributed by atoms with Crippen molar-refractivity contribution in [2.75, 3.05) is 39.2 Å². The zero-order chi connectivity index (χ0) is 64.8. The number of aromatic nitrogens is 3. The minimum Gasteiger partial charge on any atom is -0.368 e. The van der Waals surface area contributed by atoms with E-state index < -0.39 is 114 Å². The van der Waals surface area contributed by atoms with Crippen LogP contribution in [0.15, 0.2) is 53.2 Å². The summed E-state index contributed by atoms with van der Waals surface area (Å²) in [4.78, 5) is 145. The van der Waals surface area contributed by atoms with Gasteiger partial charge in [-0.1, -0.05) is 45.9 Å². The summed E-state index contributed by atoms with van der Waals surface area (Å²) in [6.45, 7) is 11.4. The van der Waals surface area contributed by atoms with Crippen LogP contribution in [0.3, 0.4) is 0 Å². The zero-order valence-corrected chi connectivity index (χ0v) is 53.2. The van der Waals surface area contributed by atoms with Crippen LogP contribution in [0, 0.1) is 11.8 Å². The number of primary amides is 1. The van der Waals surface area contributed by atoms with Crippen LogP contribution in [0.25, 0.3) is 10.9 Å². The van der Waals surface area contributed by atoms with Crippen molar-refractivity contribution in [2.24, 2.45) is 27.8 Å². The van der Waals surface area contributed by atoms with E-state index in [-0.39, 0.29) is 68.9 Å². The normalized spacial score (nSPS) is 13.9. The van der Waals surface area contributed by atoms with Crippen molar-refractivity contribution >= 4 is 128 Å². The van der Waals surface area contributed by atoms with Crippen molar-refractivity contribution in [3.05, 3.63) is 54.2 Å². The fourth-order valence-electron chi connectivity index (χ4n) is 8.22. The fourth-order valence-corrected chi connectivity index (χ4v) is 8.89. The van der Waals surface area contributed by atoms with Crippen LogP contribution in [0.4, 0.5) is 0 Å². The molecule has 478 valence electrons. The molecule has 7 atom stereocenters. The Kier molecular flexibility index (Phi) is 31.9. The topological polar surface area (TPSA) is 422 Å². The number of nitrogens with zero attached hydrogens (tertiary/aromatic N) is 3. The average molecular weight is 1270 g/mol. The average Bonchev–Trinajstić information content (AvgIpc) is 2.34. The third-order valence-electron chi connectivity index (χ3n) is 13.3. The first kappa shape index (κ1) is 73.0. The molecule has 32 heteroatoms. The van der Waals surface area contributed by atoms with Gasteiger partial charge >= 0.3 is 0 Å². The van der Waals surface area contributed by atoms with E-state index in [1.807, 2.05) is 38.3 Å². The molecular weight excluding hydrogens is 1180 g/mol. The highest BCUT2D eigenvalue weighted by molar-refractivity contribution is 7.98.